The average molecular weight is 306 g/mol. The van der Waals surface area contributed by atoms with E-state index < -0.39 is 11.6 Å². The summed E-state index contributed by atoms with van der Waals surface area (Å²) >= 11 is 0. The summed E-state index contributed by atoms with van der Waals surface area (Å²) in [7, 11) is 0. The Morgan fingerprint density at radius 2 is 1.91 bits per heavy atom. The van der Waals surface area contributed by atoms with Gasteiger partial charge in [-0.1, -0.05) is 13.8 Å². The average Bonchev–Trinajstić information content (AvgIpc) is 2.85. The molecule has 1 aromatic heterocycles. The van der Waals surface area contributed by atoms with Crippen molar-refractivity contribution in [3.63, 3.8) is 0 Å². The minimum atomic E-state index is -0.662. The number of hydrogen-bond acceptors (Lipinski definition) is 1. The van der Waals surface area contributed by atoms with E-state index in [0.29, 0.717) is 10.9 Å². The van der Waals surface area contributed by atoms with Gasteiger partial charge in [0.1, 0.15) is 17.3 Å². The van der Waals surface area contributed by atoms with Crippen LogP contribution < -0.4 is 5.32 Å². The number of hydrogen-bond donors (Lipinski definition) is 2. The van der Waals surface area contributed by atoms with Gasteiger partial charge in [0.15, 0.2) is 0 Å². The molecule has 2 N–H and O–H groups in total. The second kappa shape index (κ2) is 5.38. The lowest BCUT2D eigenvalue weighted by Gasteiger charge is -2.34. The Balaban J connectivity index is 1.74. The van der Waals surface area contributed by atoms with E-state index in [2.05, 4.69) is 24.1 Å². The van der Waals surface area contributed by atoms with Crippen molar-refractivity contribution in [2.75, 3.05) is 0 Å². The second-order valence-electron chi connectivity index (χ2n) is 6.94. The predicted octanol–water partition coefficient (Wildman–Crippen LogP) is 4.14. The zero-order chi connectivity index (χ0) is 15.9. The first-order valence-electron chi connectivity index (χ1n) is 7.63. The quantitative estimate of drug-likeness (QED) is 0.860. The molecule has 0 atom stereocenters. The fourth-order valence-corrected chi connectivity index (χ4v) is 3.09. The van der Waals surface area contributed by atoms with Gasteiger partial charge in [0.2, 0.25) is 0 Å². The van der Waals surface area contributed by atoms with Gasteiger partial charge in [0.25, 0.3) is 5.91 Å². The fraction of sp³-hybridized carbons (Fsp3) is 0.471. The Bertz CT molecular complexity index is 711. The molecule has 3 rings (SSSR count). The summed E-state index contributed by atoms with van der Waals surface area (Å²) in [6.45, 7) is 4.47. The maximum absolute atomic E-state index is 13.7. The van der Waals surface area contributed by atoms with Gasteiger partial charge in [-0.3, -0.25) is 4.79 Å². The normalized spacial score (nSPS) is 18.5. The zero-order valence-electron chi connectivity index (χ0n) is 12.8. The molecule has 0 saturated heterocycles. The first-order valence-corrected chi connectivity index (χ1v) is 7.63. The molecule has 0 radical (unpaired) electrons. The highest BCUT2D eigenvalue weighted by Crippen LogP contribution is 2.35. The number of rotatable bonds is 2. The first-order chi connectivity index (χ1) is 10.3. The van der Waals surface area contributed by atoms with Gasteiger partial charge < -0.3 is 10.3 Å². The first kappa shape index (κ1) is 15.0. The van der Waals surface area contributed by atoms with E-state index in [-0.39, 0.29) is 23.0 Å². The van der Waals surface area contributed by atoms with Crippen LogP contribution in [0.3, 0.4) is 0 Å². The summed E-state index contributed by atoms with van der Waals surface area (Å²) in [6, 6.07) is 3.60. The Labute approximate surface area is 128 Å². The van der Waals surface area contributed by atoms with Crippen LogP contribution in [0, 0.1) is 17.0 Å². The predicted molar refractivity (Wildman–Crippen MR) is 81.7 cm³/mol. The van der Waals surface area contributed by atoms with Gasteiger partial charge in [-0.25, -0.2) is 8.78 Å². The number of carbonyl (C=O) groups is 1. The van der Waals surface area contributed by atoms with Crippen molar-refractivity contribution >= 4 is 16.8 Å². The molecule has 2 aromatic rings. The smallest absolute Gasteiger partial charge is 0.267 e. The lowest BCUT2D eigenvalue weighted by atomic mass is 9.75. The van der Waals surface area contributed by atoms with Gasteiger partial charge in [-0.05, 0) is 43.2 Å². The van der Waals surface area contributed by atoms with E-state index in [1.807, 2.05) is 0 Å². The van der Waals surface area contributed by atoms with Gasteiger partial charge in [-0.15, -0.1) is 0 Å². The van der Waals surface area contributed by atoms with E-state index in [0.717, 1.165) is 31.7 Å². The van der Waals surface area contributed by atoms with Gasteiger partial charge >= 0.3 is 0 Å². The third-order valence-electron chi connectivity index (χ3n) is 4.57. The van der Waals surface area contributed by atoms with Crippen LogP contribution >= 0.6 is 0 Å². The van der Waals surface area contributed by atoms with E-state index in [4.69, 9.17) is 0 Å². The van der Waals surface area contributed by atoms with E-state index in [1.54, 1.807) is 0 Å². The number of halogens is 2. The molecule has 1 aliphatic rings. The molecule has 22 heavy (non-hydrogen) atoms. The van der Waals surface area contributed by atoms with Crippen LogP contribution in [-0.4, -0.2) is 16.9 Å². The molecule has 3 nitrogen and oxygen atoms in total. The minimum Gasteiger partial charge on any atom is -0.350 e. The standard InChI is InChI=1S/C17H20F2N2O/c1-17(2)5-3-11(4-6-17)20-16(22)15-9-12-13(19)7-10(18)8-14(12)21-15/h7-9,11,21H,3-6H2,1-2H3,(H,20,22). The van der Waals surface area contributed by atoms with E-state index in [9.17, 15) is 13.6 Å². The van der Waals surface area contributed by atoms with Crippen molar-refractivity contribution in [2.45, 2.75) is 45.6 Å². The zero-order valence-corrected chi connectivity index (χ0v) is 12.8. The highest BCUT2D eigenvalue weighted by atomic mass is 19.1. The summed E-state index contributed by atoms with van der Waals surface area (Å²) in [5, 5.41) is 3.21. The Kier molecular flexibility index (Phi) is 3.67. The van der Waals surface area contributed by atoms with Crippen molar-refractivity contribution in [1.82, 2.24) is 10.3 Å². The highest BCUT2D eigenvalue weighted by molar-refractivity contribution is 5.98. The molecule has 0 spiro atoms. The summed E-state index contributed by atoms with van der Waals surface area (Å²) in [6.07, 6.45) is 4.04. The van der Waals surface area contributed by atoms with Crippen LogP contribution in [0.1, 0.15) is 50.0 Å². The van der Waals surface area contributed by atoms with Crippen molar-refractivity contribution in [3.8, 4) is 0 Å². The number of benzene rings is 1. The summed E-state index contributed by atoms with van der Waals surface area (Å²) in [4.78, 5) is 15.1. The summed E-state index contributed by atoms with van der Waals surface area (Å²) < 4.78 is 26.9. The fourth-order valence-electron chi connectivity index (χ4n) is 3.09. The van der Waals surface area contributed by atoms with Gasteiger partial charge in [0, 0.05) is 17.5 Å². The molecule has 1 aliphatic carbocycles. The highest BCUT2D eigenvalue weighted by Gasteiger charge is 2.28. The molecule has 0 aliphatic heterocycles. The Morgan fingerprint density at radius 1 is 1.23 bits per heavy atom. The topological polar surface area (TPSA) is 44.9 Å². The molecule has 118 valence electrons. The van der Waals surface area contributed by atoms with Crippen molar-refractivity contribution in [1.29, 1.82) is 0 Å². The largest absolute Gasteiger partial charge is 0.350 e. The maximum atomic E-state index is 13.7. The van der Waals surface area contributed by atoms with Crippen LogP contribution in [0.2, 0.25) is 0 Å². The number of amides is 1. The number of aromatic amines is 1. The van der Waals surface area contributed by atoms with Crippen LogP contribution in [0.25, 0.3) is 10.9 Å². The Hall–Kier alpha value is -1.91. The minimum absolute atomic E-state index is 0.147. The maximum Gasteiger partial charge on any atom is 0.267 e. The van der Waals surface area contributed by atoms with Gasteiger partial charge in [-0.2, -0.15) is 0 Å². The number of H-pyrrole nitrogens is 1. The number of aromatic nitrogens is 1. The molecule has 0 unspecified atom stereocenters. The number of carbonyl (C=O) groups excluding carboxylic acids is 1. The lowest BCUT2D eigenvalue weighted by molar-refractivity contribution is 0.0905. The monoisotopic (exact) mass is 306 g/mol. The second-order valence-corrected chi connectivity index (χ2v) is 6.94. The molecule has 1 amide bonds. The van der Waals surface area contributed by atoms with E-state index in [1.165, 1.54) is 12.1 Å². The molecule has 1 aromatic carbocycles. The van der Waals surface area contributed by atoms with Crippen LogP contribution in [0.4, 0.5) is 8.78 Å². The number of nitrogens with one attached hydrogen (secondary N) is 2. The third kappa shape index (κ3) is 2.98. The Morgan fingerprint density at radius 3 is 2.59 bits per heavy atom. The SMILES string of the molecule is CC1(C)CCC(NC(=O)c2cc3c(F)cc(F)cc3[nH]2)CC1. The van der Waals surface area contributed by atoms with Crippen LogP contribution in [-0.2, 0) is 0 Å². The molecule has 1 fully saturated rings. The van der Waals surface area contributed by atoms with Crippen LogP contribution in [0.5, 0.6) is 0 Å². The van der Waals surface area contributed by atoms with Gasteiger partial charge in [0.05, 0.1) is 5.52 Å². The third-order valence-corrected chi connectivity index (χ3v) is 4.57. The van der Waals surface area contributed by atoms with Crippen LogP contribution in [0.15, 0.2) is 18.2 Å². The van der Waals surface area contributed by atoms with E-state index >= 15 is 0 Å². The summed E-state index contributed by atoms with van der Waals surface area (Å²) in [5.74, 6) is -1.58. The van der Waals surface area contributed by atoms with Crippen molar-refractivity contribution in [3.05, 3.63) is 35.5 Å². The molecular weight excluding hydrogens is 286 g/mol. The lowest BCUT2D eigenvalue weighted by Crippen LogP contribution is -2.39. The molecule has 1 saturated carbocycles. The number of fused-ring (bicyclic) bond motifs is 1. The molecular formula is C17H20F2N2O. The van der Waals surface area contributed by atoms with Crippen molar-refractivity contribution in [2.24, 2.45) is 5.41 Å². The molecule has 0 bridgehead atoms. The molecule has 5 heteroatoms. The van der Waals surface area contributed by atoms with Crippen molar-refractivity contribution < 1.29 is 13.6 Å². The summed E-state index contributed by atoms with van der Waals surface area (Å²) in [5.41, 5.74) is 0.903. The molecule has 1 heterocycles.